The van der Waals surface area contributed by atoms with E-state index < -0.39 is 23.4 Å². The number of halogens is 1. The lowest BCUT2D eigenvalue weighted by atomic mass is 10.1. The molecule has 1 aliphatic heterocycles. The molecule has 1 aliphatic rings. The third kappa shape index (κ3) is 4.19. The number of nitrogens with two attached hydrogens (primary N) is 1. The highest BCUT2D eigenvalue weighted by Gasteiger charge is 2.22. The predicted octanol–water partition coefficient (Wildman–Crippen LogP) is 1.35. The Labute approximate surface area is 199 Å². The molecule has 35 heavy (non-hydrogen) atoms. The number of H-pyrrole nitrogens is 1. The Bertz CT molecular complexity index is 1500. The minimum absolute atomic E-state index is 0.00286. The second-order valence-electron chi connectivity index (χ2n) is 8.76. The lowest BCUT2D eigenvalue weighted by Gasteiger charge is -2.34. The lowest BCUT2D eigenvalue weighted by molar-refractivity contribution is -0.152. The van der Waals surface area contributed by atoms with Crippen molar-refractivity contribution in [2.24, 2.45) is 0 Å². The second kappa shape index (κ2) is 8.67. The molecule has 182 valence electrons. The number of benzene rings is 2. The summed E-state index contributed by atoms with van der Waals surface area (Å²) in [6, 6.07) is 9.57. The van der Waals surface area contributed by atoms with E-state index in [1.807, 2.05) is 18.2 Å². The van der Waals surface area contributed by atoms with Gasteiger partial charge >= 0.3 is 5.97 Å². The van der Waals surface area contributed by atoms with E-state index in [4.69, 9.17) is 10.6 Å². The number of fused-ring (bicyclic) bond motifs is 2. The number of aliphatic hydroxyl groups is 1. The van der Waals surface area contributed by atoms with Gasteiger partial charge in [-0.25, -0.2) is 14.2 Å². The number of anilines is 2. The van der Waals surface area contributed by atoms with E-state index in [2.05, 4.69) is 26.8 Å². The highest BCUT2D eigenvalue weighted by Crippen LogP contribution is 2.27. The van der Waals surface area contributed by atoms with Gasteiger partial charge in [0, 0.05) is 42.9 Å². The molecule has 4 N–H and O–H groups in total. The number of hydrogen-bond donors (Lipinski definition) is 3. The average molecular weight is 481 g/mol. The Morgan fingerprint density at radius 3 is 2.66 bits per heavy atom. The van der Waals surface area contributed by atoms with Gasteiger partial charge < -0.3 is 30.5 Å². The molecule has 2 aromatic heterocycles. The van der Waals surface area contributed by atoms with Gasteiger partial charge in [-0.2, -0.15) is 0 Å². The maximum atomic E-state index is 14.8. The van der Waals surface area contributed by atoms with Gasteiger partial charge in [0.25, 0.3) is 5.56 Å². The number of aliphatic hydroxyl groups excluding tert-OH is 1. The van der Waals surface area contributed by atoms with Crippen molar-refractivity contribution in [1.29, 1.82) is 0 Å². The first kappa shape index (κ1) is 22.8. The number of nitrogens with one attached hydrogen (secondary N) is 1. The van der Waals surface area contributed by atoms with Crippen LogP contribution in [0.15, 0.2) is 41.2 Å². The number of piperazine rings is 1. The van der Waals surface area contributed by atoms with E-state index in [9.17, 15) is 19.1 Å². The SMILES string of the molecule is CC(O)C(=O)On1c(=O)c(-c2nc3ccc(N4CCN(C)CC4)cc3[nH]2)cc2c(F)cc(N)cc21. The lowest BCUT2D eigenvalue weighted by Crippen LogP contribution is -2.44. The van der Waals surface area contributed by atoms with Gasteiger partial charge in [0.15, 0.2) is 6.10 Å². The first-order chi connectivity index (χ1) is 16.7. The number of nitrogens with zero attached hydrogens (tertiary/aromatic N) is 4. The molecule has 0 saturated carbocycles. The molecule has 1 saturated heterocycles. The van der Waals surface area contributed by atoms with Gasteiger partial charge in [-0.05, 0) is 50.4 Å². The number of carbonyl (C=O) groups excluding carboxylic acids is 1. The van der Waals surface area contributed by atoms with Crippen LogP contribution < -0.4 is 21.0 Å². The Morgan fingerprint density at radius 1 is 1.20 bits per heavy atom. The number of likely N-dealkylation sites (N-methyl/N-ethyl adjacent to an activating group) is 1. The van der Waals surface area contributed by atoms with Gasteiger partial charge in [0.05, 0.1) is 22.1 Å². The number of rotatable bonds is 4. The summed E-state index contributed by atoms with van der Waals surface area (Å²) in [6.07, 6.45) is -1.49. The van der Waals surface area contributed by atoms with Crippen LogP contribution in [0.3, 0.4) is 0 Å². The fourth-order valence-corrected chi connectivity index (χ4v) is 4.17. The fourth-order valence-electron chi connectivity index (χ4n) is 4.17. The van der Waals surface area contributed by atoms with Crippen LogP contribution in [-0.2, 0) is 4.79 Å². The third-order valence-corrected chi connectivity index (χ3v) is 6.16. The molecule has 3 heterocycles. The average Bonchev–Trinajstić information content (AvgIpc) is 3.24. The van der Waals surface area contributed by atoms with Gasteiger partial charge in [0.1, 0.15) is 11.6 Å². The van der Waals surface area contributed by atoms with Crippen molar-refractivity contribution in [3.63, 3.8) is 0 Å². The van der Waals surface area contributed by atoms with Gasteiger partial charge in [0.2, 0.25) is 0 Å². The van der Waals surface area contributed by atoms with Crippen LogP contribution in [0.5, 0.6) is 0 Å². The molecule has 10 nitrogen and oxygen atoms in total. The summed E-state index contributed by atoms with van der Waals surface area (Å²) < 4.78 is 15.5. The minimum Gasteiger partial charge on any atom is -0.399 e. The maximum Gasteiger partial charge on any atom is 0.360 e. The first-order valence-corrected chi connectivity index (χ1v) is 11.2. The monoisotopic (exact) mass is 480 g/mol. The molecule has 5 rings (SSSR count). The summed E-state index contributed by atoms with van der Waals surface area (Å²) >= 11 is 0. The van der Waals surface area contributed by atoms with Crippen LogP contribution >= 0.6 is 0 Å². The summed E-state index contributed by atoms with van der Waals surface area (Å²) in [7, 11) is 2.09. The number of hydrogen-bond acceptors (Lipinski definition) is 8. The molecule has 0 radical (unpaired) electrons. The van der Waals surface area contributed by atoms with Crippen molar-refractivity contribution in [2.75, 3.05) is 43.9 Å². The number of imidazole rings is 1. The summed E-state index contributed by atoms with van der Waals surface area (Å²) in [5, 5.41) is 9.58. The van der Waals surface area contributed by atoms with Crippen molar-refractivity contribution in [3.05, 3.63) is 52.6 Å². The summed E-state index contributed by atoms with van der Waals surface area (Å²) in [4.78, 5) is 42.8. The molecule has 0 amide bonds. The summed E-state index contributed by atoms with van der Waals surface area (Å²) in [5.74, 6) is -1.58. The Hall–Kier alpha value is -3.96. The first-order valence-electron chi connectivity index (χ1n) is 11.2. The summed E-state index contributed by atoms with van der Waals surface area (Å²) in [5.41, 5.74) is 7.36. The van der Waals surface area contributed by atoms with E-state index in [1.165, 1.54) is 19.1 Å². The van der Waals surface area contributed by atoms with E-state index in [0.717, 1.165) is 37.9 Å². The van der Waals surface area contributed by atoms with Crippen LogP contribution in [0, 0.1) is 5.82 Å². The number of nitrogen functional groups attached to an aromatic ring is 1. The number of aromatic amines is 1. The molecule has 1 unspecified atom stereocenters. The fraction of sp³-hybridized carbons (Fsp3) is 0.292. The number of aromatic nitrogens is 3. The van der Waals surface area contributed by atoms with E-state index in [1.54, 1.807) is 0 Å². The smallest absolute Gasteiger partial charge is 0.360 e. The maximum absolute atomic E-state index is 14.8. The van der Waals surface area contributed by atoms with Gasteiger partial charge in [-0.15, -0.1) is 4.73 Å². The zero-order chi connectivity index (χ0) is 24.9. The molecule has 1 atom stereocenters. The molecule has 4 aromatic rings. The Morgan fingerprint density at radius 2 is 1.94 bits per heavy atom. The molecule has 0 spiro atoms. The van der Waals surface area contributed by atoms with Crippen LogP contribution in [-0.4, -0.2) is 70.0 Å². The quantitative estimate of drug-likeness (QED) is 0.374. The van der Waals surface area contributed by atoms with Crippen molar-refractivity contribution < 1.29 is 19.1 Å². The van der Waals surface area contributed by atoms with Crippen LogP contribution in [0.2, 0.25) is 0 Å². The normalized spacial score (nSPS) is 15.6. The van der Waals surface area contributed by atoms with E-state index in [0.29, 0.717) is 15.8 Å². The predicted molar refractivity (Wildman–Crippen MR) is 131 cm³/mol. The highest BCUT2D eigenvalue weighted by molar-refractivity contribution is 5.89. The van der Waals surface area contributed by atoms with Crippen molar-refractivity contribution in [3.8, 4) is 11.4 Å². The van der Waals surface area contributed by atoms with Crippen LogP contribution in [0.4, 0.5) is 15.8 Å². The van der Waals surface area contributed by atoms with Gasteiger partial charge in [-0.3, -0.25) is 4.79 Å². The van der Waals surface area contributed by atoms with Crippen molar-refractivity contribution in [1.82, 2.24) is 19.6 Å². The standard InChI is InChI=1S/C24H25FN6O4/c1-13(32)24(34)35-31-21-10-14(26)9-18(25)16(21)12-17(23(31)33)22-27-19-4-3-15(11-20(19)28-22)30-7-5-29(2)6-8-30/h3-4,9-13,32H,5-8,26H2,1-2H3,(H,27,28). The Balaban J connectivity index is 1.63. The zero-order valence-corrected chi connectivity index (χ0v) is 19.3. The largest absolute Gasteiger partial charge is 0.399 e. The second-order valence-corrected chi connectivity index (χ2v) is 8.76. The topological polar surface area (TPSA) is 130 Å². The molecular weight excluding hydrogens is 455 g/mol. The van der Waals surface area contributed by atoms with Gasteiger partial charge in [-0.1, -0.05) is 0 Å². The molecule has 1 fully saturated rings. The number of pyridine rings is 1. The zero-order valence-electron chi connectivity index (χ0n) is 19.3. The molecule has 0 aliphatic carbocycles. The Kier molecular flexibility index (Phi) is 5.65. The van der Waals surface area contributed by atoms with Crippen LogP contribution in [0.25, 0.3) is 33.3 Å². The minimum atomic E-state index is -1.49. The van der Waals surface area contributed by atoms with E-state index in [-0.39, 0.29) is 28.0 Å². The molecular formula is C24H25FN6O4. The van der Waals surface area contributed by atoms with Crippen LogP contribution in [0.1, 0.15) is 6.92 Å². The number of carbonyl (C=O) groups is 1. The van der Waals surface area contributed by atoms with Crippen molar-refractivity contribution >= 4 is 39.3 Å². The molecule has 0 bridgehead atoms. The van der Waals surface area contributed by atoms with E-state index >= 15 is 0 Å². The summed E-state index contributed by atoms with van der Waals surface area (Å²) in [6.45, 7) is 4.92. The molecule has 2 aromatic carbocycles. The highest BCUT2D eigenvalue weighted by atomic mass is 19.1. The molecule has 11 heteroatoms. The van der Waals surface area contributed by atoms with Crippen molar-refractivity contribution in [2.45, 2.75) is 13.0 Å². The third-order valence-electron chi connectivity index (χ3n) is 6.16.